The summed E-state index contributed by atoms with van der Waals surface area (Å²) in [6.45, 7) is 5.18. The highest BCUT2D eigenvalue weighted by Crippen LogP contribution is 2.13. The van der Waals surface area contributed by atoms with Crippen LogP contribution in [0.1, 0.15) is 34.6 Å². The summed E-state index contributed by atoms with van der Waals surface area (Å²) in [5, 5.41) is 2.94. The van der Waals surface area contributed by atoms with Crippen LogP contribution in [0.15, 0.2) is 36.8 Å². The van der Waals surface area contributed by atoms with Crippen molar-refractivity contribution < 1.29 is 4.79 Å². The van der Waals surface area contributed by atoms with Gasteiger partial charge in [-0.1, -0.05) is 29.8 Å². The zero-order valence-electron chi connectivity index (χ0n) is 11.8. The number of nitrogens with zero attached hydrogens (tertiary/aromatic N) is 2. The van der Waals surface area contributed by atoms with E-state index in [1.54, 1.807) is 12.5 Å². The van der Waals surface area contributed by atoms with Crippen LogP contribution in [-0.2, 0) is 6.54 Å². The number of hydrogen-bond acceptors (Lipinski definition) is 3. The van der Waals surface area contributed by atoms with Crippen molar-refractivity contribution in [3.05, 3.63) is 53.6 Å². The number of rotatable bonds is 5. The number of benzene rings is 1. The average molecular weight is 272 g/mol. The van der Waals surface area contributed by atoms with Crippen molar-refractivity contribution in [1.82, 2.24) is 14.9 Å². The molecule has 1 amide bonds. The number of aromatic nitrogens is 2. The molecule has 5 nitrogen and oxygen atoms in total. The average Bonchev–Trinajstić information content (AvgIpc) is 2.88. The number of nitrogens with one attached hydrogen (secondary N) is 1. The Balaban J connectivity index is 2.01. The minimum Gasteiger partial charge on any atom is -0.344 e. The predicted octanol–water partition coefficient (Wildman–Crippen LogP) is 1.64. The molecule has 0 fully saturated rings. The maximum Gasteiger partial charge on any atom is 0.271 e. The second kappa shape index (κ2) is 6.34. The Morgan fingerprint density at radius 3 is 2.75 bits per heavy atom. The second-order valence-electron chi connectivity index (χ2n) is 4.89. The summed E-state index contributed by atoms with van der Waals surface area (Å²) in [5.41, 5.74) is 8.16. The maximum atomic E-state index is 12.1. The van der Waals surface area contributed by atoms with Crippen LogP contribution in [-0.4, -0.2) is 22.0 Å². The summed E-state index contributed by atoms with van der Waals surface area (Å²) in [7, 11) is 0. The van der Waals surface area contributed by atoms with Gasteiger partial charge in [0, 0.05) is 19.3 Å². The molecule has 0 saturated heterocycles. The predicted molar refractivity (Wildman–Crippen MR) is 78.3 cm³/mol. The Hall–Kier alpha value is -2.14. The first-order valence-electron chi connectivity index (χ1n) is 6.69. The Labute approximate surface area is 118 Å². The lowest BCUT2D eigenvalue weighted by Gasteiger charge is -2.13. The number of imidazole rings is 1. The van der Waals surface area contributed by atoms with E-state index in [2.05, 4.69) is 10.3 Å². The highest BCUT2D eigenvalue weighted by atomic mass is 16.1. The van der Waals surface area contributed by atoms with Crippen LogP contribution in [0.4, 0.5) is 0 Å². The SMILES string of the molecule is Cc1ccc([C@@H](C)NC(=O)c2cn(CCN)cn2)cc1. The van der Waals surface area contributed by atoms with Crippen molar-refractivity contribution >= 4 is 5.91 Å². The summed E-state index contributed by atoms with van der Waals surface area (Å²) in [4.78, 5) is 16.2. The lowest BCUT2D eigenvalue weighted by atomic mass is 10.1. The maximum absolute atomic E-state index is 12.1. The number of amides is 1. The molecular weight excluding hydrogens is 252 g/mol. The minimum atomic E-state index is -0.172. The topological polar surface area (TPSA) is 72.9 Å². The van der Waals surface area contributed by atoms with E-state index in [1.165, 1.54) is 5.56 Å². The van der Waals surface area contributed by atoms with E-state index in [9.17, 15) is 4.79 Å². The molecule has 2 rings (SSSR count). The van der Waals surface area contributed by atoms with Gasteiger partial charge in [0.05, 0.1) is 12.4 Å². The number of hydrogen-bond donors (Lipinski definition) is 2. The van der Waals surface area contributed by atoms with Crippen LogP contribution in [0.5, 0.6) is 0 Å². The summed E-state index contributed by atoms with van der Waals surface area (Å²) >= 11 is 0. The summed E-state index contributed by atoms with van der Waals surface area (Å²) in [5.74, 6) is -0.172. The van der Waals surface area contributed by atoms with E-state index in [0.29, 0.717) is 18.8 Å². The Morgan fingerprint density at radius 2 is 2.10 bits per heavy atom. The highest BCUT2D eigenvalue weighted by molar-refractivity contribution is 5.92. The number of aryl methyl sites for hydroxylation is 1. The van der Waals surface area contributed by atoms with Crippen molar-refractivity contribution in [2.45, 2.75) is 26.4 Å². The first-order valence-corrected chi connectivity index (χ1v) is 6.69. The summed E-state index contributed by atoms with van der Waals surface area (Å²) in [6, 6.07) is 8.06. The van der Waals surface area contributed by atoms with Crippen LogP contribution in [0.3, 0.4) is 0 Å². The number of carbonyl (C=O) groups is 1. The van der Waals surface area contributed by atoms with Gasteiger partial charge < -0.3 is 15.6 Å². The normalized spacial score (nSPS) is 12.2. The van der Waals surface area contributed by atoms with Crippen LogP contribution in [0, 0.1) is 6.92 Å². The van der Waals surface area contributed by atoms with Gasteiger partial charge in [0.15, 0.2) is 0 Å². The molecule has 1 aromatic carbocycles. The number of carbonyl (C=O) groups excluding carboxylic acids is 1. The van der Waals surface area contributed by atoms with Crippen LogP contribution in [0.25, 0.3) is 0 Å². The van der Waals surface area contributed by atoms with E-state index in [4.69, 9.17) is 5.73 Å². The molecule has 0 unspecified atom stereocenters. The third kappa shape index (κ3) is 3.45. The highest BCUT2D eigenvalue weighted by Gasteiger charge is 2.13. The van der Waals surface area contributed by atoms with Gasteiger partial charge in [0.1, 0.15) is 5.69 Å². The van der Waals surface area contributed by atoms with E-state index in [1.807, 2.05) is 42.7 Å². The summed E-state index contributed by atoms with van der Waals surface area (Å²) < 4.78 is 1.81. The zero-order valence-corrected chi connectivity index (χ0v) is 11.8. The molecule has 0 spiro atoms. The van der Waals surface area contributed by atoms with Crippen molar-refractivity contribution in [3.8, 4) is 0 Å². The quantitative estimate of drug-likeness (QED) is 0.869. The van der Waals surface area contributed by atoms with Crippen molar-refractivity contribution in [1.29, 1.82) is 0 Å². The Kier molecular flexibility index (Phi) is 4.53. The molecule has 0 aliphatic carbocycles. The van der Waals surface area contributed by atoms with E-state index in [0.717, 1.165) is 5.56 Å². The molecule has 1 atom stereocenters. The molecule has 106 valence electrons. The fourth-order valence-corrected chi connectivity index (χ4v) is 1.96. The molecular formula is C15H20N4O. The third-order valence-corrected chi connectivity index (χ3v) is 3.18. The van der Waals surface area contributed by atoms with Gasteiger partial charge in [0.25, 0.3) is 5.91 Å². The van der Waals surface area contributed by atoms with Gasteiger partial charge in [-0.15, -0.1) is 0 Å². The molecule has 20 heavy (non-hydrogen) atoms. The fourth-order valence-electron chi connectivity index (χ4n) is 1.96. The third-order valence-electron chi connectivity index (χ3n) is 3.18. The molecule has 0 aliphatic heterocycles. The van der Waals surface area contributed by atoms with Gasteiger partial charge in [0.2, 0.25) is 0 Å². The zero-order chi connectivity index (χ0) is 14.5. The van der Waals surface area contributed by atoms with Crippen molar-refractivity contribution in [2.75, 3.05) is 6.54 Å². The van der Waals surface area contributed by atoms with Gasteiger partial charge in [-0.3, -0.25) is 4.79 Å². The van der Waals surface area contributed by atoms with Gasteiger partial charge in [-0.05, 0) is 19.4 Å². The van der Waals surface area contributed by atoms with Crippen LogP contribution >= 0.6 is 0 Å². The molecule has 0 aliphatic rings. The Bertz CT molecular complexity index is 574. The monoisotopic (exact) mass is 272 g/mol. The molecule has 3 N–H and O–H groups in total. The van der Waals surface area contributed by atoms with E-state index in [-0.39, 0.29) is 11.9 Å². The molecule has 1 aromatic heterocycles. The first-order chi connectivity index (χ1) is 9.60. The summed E-state index contributed by atoms with van der Waals surface area (Å²) in [6.07, 6.45) is 3.34. The molecule has 0 saturated carbocycles. The molecule has 2 aromatic rings. The molecule has 0 bridgehead atoms. The van der Waals surface area contributed by atoms with Gasteiger partial charge in [-0.2, -0.15) is 0 Å². The smallest absolute Gasteiger partial charge is 0.271 e. The molecule has 0 radical (unpaired) electrons. The lowest BCUT2D eigenvalue weighted by Crippen LogP contribution is -2.26. The number of nitrogens with two attached hydrogens (primary N) is 1. The Morgan fingerprint density at radius 1 is 1.40 bits per heavy atom. The minimum absolute atomic E-state index is 0.0530. The van der Waals surface area contributed by atoms with E-state index < -0.39 is 0 Å². The lowest BCUT2D eigenvalue weighted by molar-refractivity contribution is 0.0935. The fraction of sp³-hybridized carbons (Fsp3) is 0.333. The van der Waals surface area contributed by atoms with Crippen molar-refractivity contribution in [2.24, 2.45) is 5.73 Å². The van der Waals surface area contributed by atoms with Crippen LogP contribution in [0.2, 0.25) is 0 Å². The van der Waals surface area contributed by atoms with Gasteiger partial charge >= 0.3 is 0 Å². The van der Waals surface area contributed by atoms with Crippen LogP contribution < -0.4 is 11.1 Å². The standard InChI is InChI=1S/C15H20N4O/c1-11-3-5-13(6-4-11)12(2)18-15(20)14-9-19(8-7-16)10-17-14/h3-6,9-10,12H,7-8,16H2,1-2H3,(H,18,20)/t12-/m1/s1. The van der Waals surface area contributed by atoms with Crippen molar-refractivity contribution in [3.63, 3.8) is 0 Å². The first kappa shape index (κ1) is 14.3. The molecule has 1 heterocycles. The van der Waals surface area contributed by atoms with E-state index >= 15 is 0 Å². The molecule has 5 heteroatoms. The van der Waals surface area contributed by atoms with Gasteiger partial charge in [-0.25, -0.2) is 4.98 Å². The second-order valence-corrected chi connectivity index (χ2v) is 4.89. The largest absolute Gasteiger partial charge is 0.344 e.